The highest BCUT2D eigenvalue weighted by molar-refractivity contribution is 7.22. The minimum absolute atomic E-state index is 0.0607. The van der Waals surface area contributed by atoms with Crippen LogP contribution in [0, 0.1) is 0 Å². The Morgan fingerprint density at radius 3 is 1.56 bits per heavy atom. The zero-order valence-corrected chi connectivity index (χ0v) is 52.3. The van der Waals surface area contributed by atoms with E-state index in [1.807, 2.05) is 130 Å². The number of carbonyl (C=O) groups is 2. The molecule has 0 radical (unpaired) electrons. The fourth-order valence-corrected chi connectivity index (χ4v) is 12.2. The summed E-state index contributed by atoms with van der Waals surface area (Å²) >= 11 is 9.03. The Morgan fingerprint density at radius 1 is 0.643 bits per heavy atom. The van der Waals surface area contributed by atoms with Gasteiger partial charge in [-0.2, -0.15) is 0 Å². The quantitative estimate of drug-likeness (QED) is 0.0742. The first-order chi connectivity index (χ1) is 39.8. The number of hydrogen-bond donors (Lipinski definition) is 4. The molecule has 6 aromatic rings. The van der Waals surface area contributed by atoms with E-state index < -0.39 is 11.2 Å². The molecule has 4 N–H and O–H groups in total. The molecule has 2 amide bonds. The third-order valence-electron chi connectivity index (χ3n) is 15.3. The number of amides is 2. The second kappa shape index (κ2) is 26.7. The lowest BCUT2D eigenvalue weighted by Gasteiger charge is -2.32. The molecule has 1 saturated heterocycles. The van der Waals surface area contributed by atoms with Gasteiger partial charge in [-0.25, -0.2) is 24.5 Å². The number of anilines is 2. The van der Waals surface area contributed by atoms with Gasteiger partial charge >= 0.3 is 19.3 Å². The summed E-state index contributed by atoms with van der Waals surface area (Å²) in [5, 5.41) is 29.3. The lowest BCUT2D eigenvalue weighted by atomic mass is 9.75. The number of benzene rings is 2. The number of thiazole rings is 2. The van der Waals surface area contributed by atoms with Gasteiger partial charge in [0.25, 0.3) is 0 Å². The molecule has 2 aromatic carbocycles. The van der Waals surface area contributed by atoms with E-state index in [1.54, 1.807) is 57.0 Å². The first-order valence-corrected chi connectivity index (χ1v) is 31.2. The maximum atomic E-state index is 12.3. The van der Waals surface area contributed by atoms with E-state index in [4.69, 9.17) is 39.9 Å². The molecule has 2 aliphatic carbocycles. The summed E-state index contributed by atoms with van der Waals surface area (Å²) in [7, 11) is -0.314. The fourth-order valence-electron chi connectivity index (χ4n) is 10.1. The molecule has 5 aliphatic rings. The lowest BCUT2D eigenvalue weighted by molar-refractivity contribution is 0.00578. The molecule has 4 atom stereocenters. The Balaban J connectivity index is 0.000000158. The molecule has 18 nitrogen and oxygen atoms in total. The van der Waals surface area contributed by atoms with Gasteiger partial charge in [-0.3, -0.25) is 4.98 Å². The van der Waals surface area contributed by atoms with Gasteiger partial charge in [0.05, 0.1) is 61.6 Å². The summed E-state index contributed by atoms with van der Waals surface area (Å²) < 4.78 is 37.1. The molecular weight excluding hydrogens is 1130 g/mol. The van der Waals surface area contributed by atoms with Gasteiger partial charge in [0.15, 0.2) is 10.3 Å². The summed E-state index contributed by atoms with van der Waals surface area (Å²) in [4.78, 5) is 45.6. The number of aliphatic hydroxyl groups is 2. The predicted molar refractivity (Wildman–Crippen MR) is 334 cm³/mol. The van der Waals surface area contributed by atoms with E-state index in [2.05, 4.69) is 30.6 Å². The number of hydrogen-bond acceptors (Lipinski definition) is 18. The highest BCUT2D eigenvalue weighted by atomic mass is 35.5. The van der Waals surface area contributed by atoms with Crippen LogP contribution in [0.15, 0.2) is 90.7 Å². The zero-order chi connectivity index (χ0) is 60.0. The van der Waals surface area contributed by atoms with Crippen molar-refractivity contribution in [2.75, 3.05) is 36.8 Å². The van der Waals surface area contributed by atoms with E-state index in [-0.39, 0.29) is 54.8 Å². The van der Waals surface area contributed by atoms with Crippen LogP contribution in [0.3, 0.4) is 0 Å². The molecule has 7 heterocycles. The summed E-state index contributed by atoms with van der Waals surface area (Å²) in [6, 6.07) is 19.0. The number of aliphatic hydroxyl groups excluding tert-OH is 2. The van der Waals surface area contributed by atoms with Crippen LogP contribution >= 0.6 is 34.3 Å². The van der Waals surface area contributed by atoms with Crippen LogP contribution in [0.1, 0.15) is 139 Å². The molecule has 3 fully saturated rings. The molecule has 84 heavy (non-hydrogen) atoms. The van der Waals surface area contributed by atoms with Crippen LogP contribution < -0.4 is 20.1 Å². The predicted octanol–water partition coefficient (Wildman–Crippen LogP) is 14.3. The second-order valence-electron chi connectivity index (χ2n) is 24.8. The van der Waals surface area contributed by atoms with Crippen LogP contribution in [0.2, 0.25) is 5.15 Å². The highest BCUT2D eigenvalue weighted by Gasteiger charge is 2.52. The smallest absolute Gasteiger partial charge is 0.457 e. The number of fused-ring (bicyclic) bond motifs is 2. The first kappa shape index (κ1) is 62.5. The van der Waals surface area contributed by atoms with E-state index >= 15 is 0 Å². The monoisotopic (exact) mass is 1210 g/mol. The molecule has 22 heteroatoms. The maximum Gasteiger partial charge on any atom is 0.490 e. The molecule has 11 rings (SSSR count). The van der Waals surface area contributed by atoms with Crippen LogP contribution in [-0.2, 0) is 18.8 Å². The maximum absolute atomic E-state index is 12.3. The van der Waals surface area contributed by atoms with Crippen molar-refractivity contribution >= 4 is 89.8 Å². The average Bonchev–Trinajstić information content (AvgIpc) is 3.43. The van der Waals surface area contributed by atoms with Gasteiger partial charge in [0, 0.05) is 62.8 Å². The molecular formula is C62H80BClN8O10S2. The van der Waals surface area contributed by atoms with Crippen molar-refractivity contribution in [3.05, 3.63) is 102 Å². The second-order valence-corrected chi connectivity index (χ2v) is 27.3. The SMILES string of the molecule is CC(C)(C)OC(=O)N1CC=C(B2OC(C)(C)C(C)(C)O2)CC1.CC(C)(C)OC(=O)N1CC=C(c2cc(Oc3ccc4nc(N[C@@H]5CCCC[C@H]5O)sc4c3)ccn2)CC1.O[C@@H]1CCCC[C@H]1Nc1nc2ccc(Oc3ccnc(Cl)c3)cc2s1. The van der Waals surface area contributed by atoms with Crippen molar-refractivity contribution in [3.63, 3.8) is 0 Å². The third-order valence-corrected chi connectivity index (χ3v) is 17.4. The summed E-state index contributed by atoms with van der Waals surface area (Å²) in [6.07, 6.45) is 15.8. The summed E-state index contributed by atoms with van der Waals surface area (Å²) in [5.74, 6) is 2.80. The van der Waals surface area contributed by atoms with Crippen LogP contribution in [-0.4, -0.2) is 132 Å². The van der Waals surface area contributed by atoms with Gasteiger partial charge in [-0.1, -0.05) is 72.1 Å². The van der Waals surface area contributed by atoms with Crippen molar-refractivity contribution in [1.82, 2.24) is 29.7 Å². The highest BCUT2D eigenvalue weighted by Crippen LogP contribution is 2.40. The first-order valence-electron chi connectivity index (χ1n) is 29.2. The number of halogens is 1. The van der Waals surface area contributed by atoms with E-state index in [0.29, 0.717) is 49.3 Å². The molecule has 4 aromatic heterocycles. The van der Waals surface area contributed by atoms with Gasteiger partial charge in [0.1, 0.15) is 39.4 Å². The number of carbonyl (C=O) groups excluding carboxylic acids is 2. The largest absolute Gasteiger partial charge is 0.490 e. The van der Waals surface area contributed by atoms with Crippen molar-refractivity contribution in [3.8, 4) is 23.0 Å². The van der Waals surface area contributed by atoms with Crippen LogP contribution in [0.4, 0.5) is 19.9 Å². The number of ether oxygens (including phenoxy) is 4. The Hall–Kier alpha value is -6.07. The van der Waals surface area contributed by atoms with Gasteiger partial charge in [-0.05, 0) is 155 Å². The number of pyridine rings is 2. The summed E-state index contributed by atoms with van der Waals surface area (Å²) in [6.45, 7) is 21.7. The van der Waals surface area contributed by atoms with E-state index in [1.165, 1.54) is 0 Å². The molecule has 3 aliphatic heterocycles. The van der Waals surface area contributed by atoms with Crippen molar-refractivity contribution < 1.29 is 48.1 Å². The molecule has 2 saturated carbocycles. The number of rotatable bonds is 10. The van der Waals surface area contributed by atoms with Crippen LogP contribution in [0.5, 0.6) is 23.0 Å². The number of nitrogens with one attached hydrogen (secondary N) is 2. The van der Waals surface area contributed by atoms with Crippen molar-refractivity contribution in [2.24, 2.45) is 0 Å². The number of nitrogens with zero attached hydrogens (tertiary/aromatic N) is 6. The lowest BCUT2D eigenvalue weighted by Crippen LogP contribution is -2.41. The van der Waals surface area contributed by atoms with Gasteiger partial charge in [0.2, 0.25) is 0 Å². The van der Waals surface area contributed by atoms with E-state index in [0.717, 1.165) is 117 Å². The zero-order valence-electron chi connectivity index (χ0n) is 49.9. The molecule has 0 spiro atoms. The normalized spacial score (nSPS) is 21.5. The van der Waals surface area contributed by atoms with Gasteiger partial charge < -0.3 is 58.9 Å². The Bertz CT molecular complexity index is 3310. The number of aromatic nitrogens is 4. The van der Waals surface area contributed by atoms with Crippen molar-refractivity contribution in [1.29, 1.82) is 0 Å². The standard InChI is InChI=1S/C28H34N4O4S.C18H18ClN3O2S.C16H28BNO4/c1-28(2,3)36-27(34)32-14-11-18(12-15-32)23-16-20(10-13-29-23)35-19-8-9-22-25(17-19)37-26(31-22)30-21-6-4-5-7-24(21)33;19-17-10-12(7-8-20-17)24-11-5-6-14-16(9-11)25-18(22-14)21-13-3-1-2-4-15(13)23;1-14(2,3)20-13(19)18-10-8-12(9-11-18)17-21-15(4,5)16(6,7)22-17/h8-11,13,16-17,21,24,33H,4-7,12,14-15H2,1-3H3,(H,30,31);5-10,13,15,23H,1-4H2,(H,21,22);8H,9-11H2,1-7H3/t21-,24-;13-,15-;/m11./s1. The molecule has 0 bridgehead atoms. The molecule has 450 valence electrons. The Morgan fingerprint density at radius 2 is 1.11 bits per heavy atom. The third kappa shape index (κ3) is 16.9. The Kier molecular flexibility index (Phi) is 19.8. The minimum Gasteiger partial charge on any atom is -0.457 e. The van der Waals surface area contributed by atoms with Crippen LogP contribution in [0.25, 0.3) is 26.0 Å². The average molecular weight is 1210 g/mol. The van der Waals surface area contributed by atoms with Gasteiger partial charge in [-0.15, -0.1) is 0 Å². The topological polar surface area (TPSA) is 212 Å². The molecule has 0 unspecified atom stereocenters. The fraction of sp³-hybridized carbons (Fsp3) is 0.516. The Labute approximate surface area is 506 Å². The van der Waals surface area contributed by atoms with E-state index in [9.17, 15) is 19.8 Å². The van der Waals surface area contributed by atoms with Crippen molar-refractivity contribution in [2.45, 2.75) is 180 Å². The minimum atomic E-state index is -0.507. The summed E-state index contributed by atoms with van der Waals surface area (Å²) in [5.41, 5.74) is 3.22.